The van der Waals surface area contributed by atoms with Crippen LogP contribution in [0.5, 0.6) is 0 Å². The molecule has 55 heavy (non-hydrogen) atoms. The van der Waals surface area contributed by atoms with Gasteiger partial charge in [-0.15, -0.1) is 0 Å². The van der Waals surface area contributed by atoms with Crippen molar-refractivity contribution in [1.29, 1.82) is 0 Å². The van der Waals surface area contributed by atoms with Crippen LogP contribution >= 0.6 is 7.82 Å². The summed E-state index contributed by atoms with van der Waals surface area (Å²) in [5.41, 5.74) is 0. The smallest absolute Gasteiger partial charge is 0.462 e. The van der Waals surface area contributed by atoms with E-state index < -0.39 is 32.5 Å². The van der Waals surface area contributed by atoms with E-state index >= 15 is 0 Å². The standard InChI is InChI=1S/C45H76NO8P/c1-6-8-10-12-14-16-18-20-22-23-24-26-28-30-32-34-36-38-45(48)54-43(42-53-55(49,50)52-40-39-46(3,4)5)41-51-44(47)37-35-33-31-29-27-25-21-19-17-15-13-11-9-7-2/h8,10,13-16,19-22,24,26,30,32,43H,6-7,9,11-12,17-18,23,25,27-29,31,33-42H2,1-5H3/p+1/b10-8-,15-13-,16-14-,21-19-,22-20-,26-24-,32-30-. The zero-order valence-corrected chi connectivity index (χ0v) is 36.0. The van der Waals surface area contributed by atoms with Crippen molar-refractivity contribution >= 4 is 19.8 Å². The van der Waals surface area contributed by atoms with Crippen molar-refractivity contribution in [2.45, 2.75) is 142 Å². The number of phosphoric ester groups is 1. The first-order chi connectivity index (χ1) is 26.5. The number of esters is 2. The average molecular weight is 791 g/mol. The first-order valence-corrected chi connectivity index (χ1v) is 22.3. The fraction of sp³-hybridized carbons (Fsp3) is 0.644. The van der Waals surface area contributed by atoms with Crippen LogP contribution in [0.25, 0.3) is 0 Å². The Labute approximate surface area is 335 Å². The lowest BCUT2D eigenvalue weighted by molar-refractivity contribution is -0.870. The number of rotatable bonds is 36. The van der Waals surface area contributed by atoms with Gasteiger partial charge in [-0.25, -0.2) is 4.57 Å². The van der Waals surface area contributed by atoms with Crippen LogP contribution in [0.15, 0.2) is 85.1 Å². The molecule has 2 unspecified atom stereocenters. The van der Waals surface area contributed by atoms with Crippen molar-refractivity contribution in [3.05, 3.63) is 85.1 Å². The van der Waals surface area contributed by atoms with Gasteiger partial charge in [-0.05, 0) is 77.0 Å². The number of nitrogens with zero attached hydrogens (tertiary/aromatic N) is 1. The second kappa shape index (κ2) is 36.8. The Kier molecular flexibility index (Phi) is 34.9. The number of quaternary nitrogens is 1. The molecule has 10 heteroatoms. The van der Waals surface area contributed by atoms with Crippen LogP contribution in [0.2, 0.25) is 0 Å². The zero-order chi connectivity index (χ0) is 40.7. The van der Waals surface area contributed by atoms with E-state index in [-0.39, 0.29) is 26.1 Å². The van der Waals surface area contributed by atoms with Crippen LogP contribution in [0.4, 0.5) is 0 Å². The van der Waals surface area contributed by atoms with Crippen molar-refractivity contribution in [2.24, 2.45) is 0 Å². The van der Waals surface area contributed by atoms with E-state index in [0.29, 0.717) is 30.3 Å². The van der Waals surface area contributed by atoms with Gasteiger partial charge in [0.25, 0.3) is 0 Å². The molecule has 0 aliphatic rings. The zero-order valence-electron chi connectivity index (χ0n) is 35.1. The first kappa shape index (κ1) is 52.2. The van der Waals surface area contributed by atoms with E-state index in [1.54, 1.807) is 0 Å². The molecule has 0 amide bonds. The van der Waals surface area contributed by atoms with Gasteiger partial charge in [0.05, 0.1) is 27.7 Å². The fourth-order valence-corrected chi connectivity index (χ4v) is 5.63. The van der Waals surface area contributed by atoms with E-state index in [2.05, 4.69) is 92.8 Å². The van der Waals surface area contributed by atoms with Gasteiger partial charge in [0.2, 0.25) is 0 Å². The molecule has 314 valence electrons. The summed E-state index contributed by atoms with van der Waals surface area (Å²) < 4.78 is 34.2. The molecule has 0 saturated carbocycles. The van der Waals surface area contributed by atoms with Crippen LogP contribution < -0.4 is 0 Å². The van der Waals surface area contributed by atoms with Crippen LogP contribution in [-0.4, -0.2) is 74.9 Å². The number of allylic oxidation sites excluding steroid dienone is 14. The van der Waals surface area contributed by atoms with E-state index in [4.69, 9.17) is 18.5 Å². The van der Waals surface area contributed by atoms with Gasteiger partial charge in [-0.2, -0.15) is 0 Å². The molecule has 0 spiro atoms. The third-order valence-corrected chi connectivity index (χ3v) is 9.14. The quantitative estimate of drug-likeness (QED) is 0.0220. The Morgan fingerprint density at radius 3 is 1.60 bits per heavy atom. The number of likely N-dealkylation sites (N-methyl/N-ethyl adjacent to an activating group) is 1. The van der Waals surface area contributed by atoms with Gasteiger partial charge in [0.15, 0.2) is 6.10 Å². The summed E-state index contributed by atoms with van der Waals surface area (Å²) >= 11 is 0. The minimum absolute atomic E-state index is 0.0139. The normalized spacial score (nSPS) is 14.5. The molecule has 0 aliphatic heterocycles. The molecule has 1 N–H and O–H groups in total. The fourth-order valence-electron chi connectivity index (χ4n) is 4.89. The summed E-state index contributed by atoms with van der Waals surface area (Å²) in [4.78, 5) is 35.3. The third kappa shape index (κ3) is 40.7. The molecule has 0 aliphatic carbocycles. The van der Waals surface area contributed by atoms with Gasteiger partial charge in [-0.3, -0.25) is 18.6 Å². The number of hydrogen-bond donors (Lipinski definition) is 1. The van der Waals surface area contributed by atoms with Crippen LogP contribution in [0, 0.1) is 0 Å². The summed E-state index contributed by atoms with van der Waals surface area (Å²) in [6.07, 6.45) is 46.4. The monoisotopic (exact) mass is 791 g/mol. The van der Waals surface area contributed by atoms with E-state index in [9.17, 15) is 19.0 Å². The largest absolute Gasteiger partial charge is 0.472 e. The molecule has 0 aromatic carbocycles. The van der Waals surface area contributed by atoms with Crippen molar-refractivity contribution < 1.29 is 42.1 Å². The van der Waals surface area contributed by atoms with Crippen molar-refractivity contribution in [2.75, 3.05) is 47.5 Å². The molecule has 2 atom stereocenters. The van der Waals surface area contributed by atoms with Gasteiger partial charge in [-0.1, -0.05) is 131 Å². The van der Waals surface area contributed by atoms with Crippen molar-refractivity contribution in [3.8, 4) is 0 Å². The highest BCUT2D eigenvalue weighted by Crippen LogP contribution is 2.43. The maximum atomic E-state index is 12.6. The topological polar surface area (TPSA) is 108 Å². The minimum atomic E-state index is -4.40. The molecule has 9 nitrogen and oxygen atoms in total. The summed E-state index contributed by atoms with van der Waals surface area (Å²) in [5, 5.41) is 0. The highest BCUT2D eigenvalue weighted by Gasteiger charge is 2.27. The van der Waals surface area contributed by atoms with E-state index in [1.807, 2.05) is 27.2 Å². The molecule has 0 aromatic rings. The number of carbonyl (C=O) groups is 2. The van der Waals surface area contributed by atoms with Crippen LogP contribution in [0.1, 0.15) is 136 Å². The number of unbranched alkanes of at least 4 members (excludes halogenated alkanes) is 8. The van der Waals surface area contributed by atoms with Gasteiger partial charge >= 0.3 is 19.8 Å². The van der Waals surface area contributed by atoms with Gasteiger partial charge < -0.3 is 18.9 Å². The number of ether oxygens (including phenoxy) is 2. The first-order valence-electron chi connectivity index (χ1n) is 20.8. The summed E-state index contributed by atoms with van der Waals surface area (Å²) in [5.74, 6) is -0.894. The highest BCUT2D eigenvalue weighted by atomic mass is 31.2. The van der Waals surface area contributed by atoms with E-state index in [0.717, 1.165) is 77.0 Å². The van der Waals surface area contributed by atoms with Crippen LogP contribution in [-0.2, 0) is 32.7 Å². The molecular weight excluding hydrogens is 713 g/mol. The molecule has 0 rings (SSSR count). The van der Waals surface area contributed by atoms with Gasteiger partial charge in [0.1, 0.15) is 19.8 Å². The van der Waals surface area contributed by atoms with E-state index in [1.165, 1.54) is 12.8 Å². The molecule has 0 heterocycles. The van der Waals surface area contributed by atoms with Crippen molar-refractivity contribution in [1.82, 2.24) is 0 Å². The maximum Gasteiger partial charge on any atom is 0.472 e. The maximum absolute atomic E-state index is 12.6. The highest BCUT2D eigenvalue weighted by molar-refractivity contribution is 7.47. The summed E-state index contributed by atoms with van der Waals surface area (Å²) in [7, 11) is 1.41. The second-order valence-electron chi connectivity index (χ2n) is 14.6. The molecule has 0 aromatic heterocycles. The predicted molar refractivity (Wildman–Crippen MR) is 229 cm³/mol. The Bertz CT molecular complexity index is 1210. The SMILES string of the molecule is CC/C=C\C/C=C\C/C=C\C/C=C\C/C=C\CCCC(=O)OC(COC(=O)CCCCCCC/C=C\C/C=C\CCCC)COP(=O)(O)OCC[N+](C)(C)C. The number of phosphoric acid groups is 1. The van der Waals surface area contributed by atoms with Crippen LogP contribution in [0.3, 0.4) is 0 Å². The molecule has 0 bridgehead atoms. The second-order valence-corrected chi connectivity index (χ2v) is 16.1. The number of hydrogen-bond acceptors (Lipinski definition) is 7. The van der Waals surface area contributed by atoms with Gasteiger partial charge in [0, 0.05) is 12.8 Å². The lowest BCUT2D eigenvalue weighted by Gasteiger charge is -2.24. The Morgan fingerprint density at radius 1 is 0.582 bits per heavy atom. The summed E-state index contributed by atoms with van der Waals surface area (Å²) in [6, 6.07) is 0. The summed E-state index contributed by atoms with van der Waals surface area (Å²) in [6.45, 7) is 4.15. The Hall–Kier alpha value is -2.81. The molecule has 0 saturated heterocycles. The Balaban J connectivity index is 4.54. The van der Waals surface area contributed by atoms with Crippen molar-refractivity contribution in [3.63, 3.8) is 0 Å². The minimum Gasteiger partial charge on any atom is -0.462 e. The lowest BCUT2D eigenvalue weighted by Crippen LogP contribution is -2.37. The predicted octanol–water partition coefficient (Wildman–Crippen LogP) is 11.6. The molecule has 0 radical (unpaired) electrons. The molecule has 0 fully saturated rings. The number of carbonyl (C=O) groups excluding carboxylic acids is 2. The Morgan fingerprint density at radius 2 is 1.05 bits per heavy atom. The lowest BCUT2D eigenvalue weighted by atomic mass is 10.1. The molecular formula is C45H77NO8P+. The third-order valence-electron chi connectivity index (χ3n) is 8.16. The average Bonchev–Trinajstić information content (AvgIpc) is 3.13.